The van der Waals surface area contributed by atoms with E-state index in [-0.39, 0.29) is 12.0 Å². The van der Waals surface area contributed by atoms with Crippen LogP contribution in [0.1, 0.15) is 27.2 Å². The minimum atomic E-state index is -4.55. The van der Waals surface area contributed by atoms with E-state index in [0.29, 0.717) is 34.5 Å². The van der Waals surface area contributed by atoms with Crippen LogP contribution in [0.15, 0.2) is 60.9 Å². The van der Waals surface area contributed by atoms with Gasteiger partial charge in [-0.25, -0.2) is 9.97 Å². The minimum Gasteiger partial charge on any atom is -0.373 e. The van der Waals surface area contributed by atoms with Crippen LogP contribution in [-0.2, 0) is 12.6 Å². The largest absolute Gasteiger partial charge is 0.416 e. The summed E-state index contributed by atoms with van der Waals surface area (Å²) in [7, 11) is 1.72. The van der Waals surface area contributed by atoms with Crippen LogP contribution in [0.2, 0.25) is 0 Å². The number of halogens is 3. The third kappa shape index (κ3) is 5.84. The summed E-state index contributed by atoms with van der Waals surface area (Å²) in [6.07, 6.45) is -3.09. The summed E-state index contributed by atoms with van der Waals surface area (Å²) in [5.41, 5.74) is 1.30. The Labute approximate surface area is 210 Å². The number of aryl methyl sites for hydroxylation is 1. The fourth-order valence-electron chi connectivity index (χ4n) is 3.47. The predicted octanol–water partition coefficient (Wildman–Crippen LogP) is 5.09. The van der Waals surface area contributed by atoms with E-state index < -0.39 is 17.6 Å². The molecule has 2 aromatic carbocycles. The van der Waals surface area contributed by atoms with Crippen LogP contribution in [0.5, 0.6) is 0 Å². The molecule has 0 unspecified atom stereocenters. The summed E-state index contributed by atoms with van der Waals surface area (Å²) in [4.78, 5) is 21.0. The van der Waals surface area contributed by atoms with Gasteiger partial charge in [-0.15, -0.1) is 0 Å². The highest BCUT2D eigenvalue weighted by atomic mass is 19.4. The Bertz CT molecular complexity index is 1490. The smallest absolute Gasteiger partial charge is 0.373 e. The van der Waals surface area contributed by atoms with Gasteiger partial charge in [0.15, 0.2) is 5.82 Å². The monoisotopic (exact) mass is 506 g/mol. The molecule has 0 spiro atoms. The molecule has 2 heterocycles. The Kier molecular flexibility index (Phi) is 7.06. The maximum absolute atomic E-state index is 13.0. The topological polar surface area (TPSA) is 121 Å². The fourth-order valence-corrected chi connectivity index (χ4v) is 3.47. The minimum absolute atomic E-state index is 0.0811. The number of carbonyl (C=O) groups is 1. The number of aromatic nitrogens is 4. The van der Waals surface area contributed by atoms with Crippen molar-refractivity contribution in [3.05, 3.63) is 83.3 Å². The van der Waals surface area contributed by atoms with Crippen molar-refractivity contribution >= 4 is 28.9 Å². The van der Waals surface area contributed by atoms with Crippen molar-refractivity contribution in [3.8, 4) is 11.9 Å². The zero-order valence-electron chi connectivity index (χ0n) is 19.8. The maximum atomic E-state index is 13.0. The van der Waals surface area contributed by atoms with Gasteiger partial charge < -0.3 is 16.0 Å². The van der Waals surface area contributed by atoms with Gasteiger partial charge in [-0.05, 0) is 42.8 Å². The number of nitrogens with zero attached hydrogens (tertiary/aromatic N) is 5. The number of rotatable bonds is 7. The van der Waals surface area contributed by atoms with Crippen LogP contribution < -0.4 is 16.0 Å². The average Bonchev–Trinajstić information content (AvgIpc) is 3.28. The molecule has 37 heavy (non-hydrogen) atoms. The molecule has 2 aromatic heterocycles. The van der Waals surface area contributed by atoms with Gasteiger partial charge in [0.2, 0.25) is 0 Å². The molecule has 3 N–H and O–H groups in total. The zero-order valence-corrected chi connectivity index (χ0v) is 19.8. The van der Waals surface area contributed by atoms with E-state index in [4.69, 9.17) is 5.26 Å². The second-order valence-electron chi connectivity index (χ2n) is 7.97. The molecule has 0 fully saturated rings. The number of amides is 1. The Morgan fingerprint density at radius 2 is 1.92 bits per heavy atom. The molecular formula is C25H21F3N8O. The van der Waals surface area contributed by atoms with Gasteiger partial charge in [0.05, 0.1) is 23.7 Å². The molecule has 0 saturated carbocycles. The lowest BCUT2D eigenvalue weighted by atomic mass is 10.1. The highest BCUT2D eigenvalue weighted by Gasteiger charge is 2.30. The van der Waals surface area contributed by atoms with Gasteiger partial charge in [-0.3, -0.25) is 4.79 Å². The molecule has 0 radical (unpaired) electrons. The standard InChI is InChI=1S/C25H21F3N8O/c1-15-6-7-18(33-24(37)16-4-3-5-17(10-16)25(26,27)28)11-20(15)34-23-12-19(8-9-29)35-36(23)22-13-21(30-2)31-14-32-22/h3-7,10-14,34H,8H2,1-2H3,(H,33,37)(H,30,31,32). The predicted molar refractivity (Wildman–Crippen MR) is 132 cm³/mol. The zero-order chi connectivity index (χ0) is 26.6. The highest BCUT2D eigenvalue weighted by Crippen LogP contribution is 2.30. The number of hydrogen-bond acceptors (Lipinski definition) is 7. The normalized spacial score (nSPS) is 11.0. The first kappa shape index (κ1) is 25.2. The Hall–Kier alpha value is -4.92. The van der Waals surface area contributed by atoms with Crippen molar-refractivity contribution in [2.75, 3.05) is 23.0 Å². The highest BCUT2D eigenvalue weighted by molar-refractivity contribution is 6.04. The molecule has 0 aliphatic heterocycles. The van der Waals surface area contributed by atoms with Crippen molar-refractivity contribution in [2.24, 2.45) is 0 Å². The molecule has 0 bridgehead atoms. The first-order valence-electron chi connectivity index (χ1n) is 11.0. The van der Waals surface area contributed by atoms with Crippen molar-refractivity contribution in [2.45, 2.75) is 19.5 Å². The first-order valence-corrected chi connectivity index (χ1v) is 11.0. The molecule has 4 rings (SSSR count). The summed E-state index contributed by atoms with van der Waals surface area (Å²) in [6, 6.07) is 14.7. The van der Waals surface area contributed by atoms with Crippen molar-refractivity contribution in [1.29, 1.82) is 5.26 Å². The molecular weight excluding hydrogens is 485 g/mol. The molecule has 0 atom stereocenters. The Balaban J connectivity index is 1.62. The lowest BCUT2D eigenvalue weighted by molar-refractivity contribution is -0.137. The number of benzene rings is 2. The fraction of sp³-hybridized carbons (Fsp3) is 0.160. The quantitative estimate of drug-likeness (QED) is 0.319. The van der Waals surface area contributed by atoms with E-state index in [0.717, 1.165) is 17.7 Å². The van der Waals surface area contributed by atoms with E-state index in [2.05, 4.69) is 37.1 Å². The number of hydrogen-bond donors (Lipinski definition) is 3. The van der Waals surface area contributed by atoms with Crippen molar-refractivity contribution in [1.82, 2.24) is 19.7 Å². The van der Waals surface area contributed by atoms with Crippen molar-refractivity contribution < 1.29 is 18.0 Å². The molecule has 4 aromatic rings. The van der Waals surface area contributed by atoms with E-state index >= 15 is 0 Å². The van der Waals surface area contributed by atoms with E-state index in [1.54, 1.807) is 37.4 Å². The summed E-state index contributed by atoms with van der Waals surface area (Å²) in [5.74, 6) is 0.861. The van der Waals surface area contributed by atoms with Crippen LogP contribution in [0, 0.1) is 18.3 Å². The van der Waals surface area contributed by atoms with Crippen molar-refractivity contribution in [3.63, 3.8) is 0 Å². The van der Waals surface area contributed by atoms with E-state index in [1.807, 2.05) is 6.92 Å². The Morgan fingerprint density at radius 3 is 2.65 bits per heavy atom. The van der Waals surface area contributed by atoms with Crippen LogP contribution >= 0.6 is 0 Å². The van der Waals surface area contributed by atoms with Gasteiger partial charge in [0.1, 0.15) is 18.0 Å². The first-order chi connectivity index (χ1) is 17.7. The molecule has 9 nitrogen and oxygen atoms in total. The lowest BCUT2D eigenvalue weighted by Crippen LogP contribution is -2.14. The third-order valence-corrected chi connectivity index (χ3v) is 5.36. The number of carbonyl (C=O) groups excluding carboxylic acids is 1. The molecule has 12 heteroatoms. The van der Waals surface area contributed by atoms with Crippen LogP contribution in [0.3, 0.4) is 0 Å². The van der Waals surface area contributed by atoms with E-state index in [9.17, 15) is 18.0 Å². The van der Waals surface area contributed by atoms with Crippen LogP contribution in [-0.4, -0.2) is 32.7 Å². The van der Waals surface area contributed by atoms with Gasteiger partial charge >= 0.3 is 6.18 Å². The van der Waals surface area contributed by atoms with Gasteiger partial charge in [-0.1, -0.05) is 12.1 Å². The third-order valence-electron chi connectivity index (χ3n) is 5.36. The molecule has 0 aliphatic rings. The lowest BCUT2D eigenvalue weighted by Gasteiger charge is -2.14. The second kappa shape index (κ2) is 10.4. The van der Waals surface area contributed by atoms with Gasteiger partial charge in [-0.2, -0.15) is 28.2 Å². The molecule has 0 saturated heterocycles. The molecule has 0 aliphatic carbocycles. The van der Waals surface area contributed by atoms with Gasteiger partial charge in [0, 0.05) is 36.1 Å². The molecule has 188 valence electrons. The Morgan fingerprint density at radius 1 is 1.11 bits per heavy atom. The average molecular weight is 506 g/mol. The summed E-state index contributed by atoms with van der Waals surface area (Å²) >= 11 is 0. The summed E-state index contributed by atoms with van der Waals surface area (Å²) in [6.45, 7) is 1.85. The second-order valence-corrected chi connectivity index (χ2v) is 7.97. The maximum Gasteiger partial charge on any atom is 0.416 e. The summed E-state index contributed by atoms with van der Waals surface area (Å²) < 4.78 is 40.6. The number of anilines is 4. The summed E-state index contributed by atoms with van der Waals surface area (Å²) in [5, 5.41) is 22.4. The van der Waals surface area contributed by atoms with Gasteiger partial charge in [0.25, 0.3) is 5.91 Å². The number of nitriles is 1. The van der Waals surface area contributed by atoms with E-state index in [1.165, 1.54) is 23.1 Å². The van der Waals surface area contributed by atoms with Crippen LogP contribution in [0.25, 0.3) is 5.82 Å². The SMILES string of the molecule is CNc1cc(-n2nc(CC#N)cc2Nc2cc(NC(=O)c3cccc(C(F)(F)F)c3)ccc2C)ncn1. The number of alkyl halides is 3. The molecule has 1 amide bonds. The van der Waals surface area contributed by atoms with Crippen LogP contribution in [0.4, 0.5) is 36.2 Å². The number of nitrogens with one attached hydrogen (secondary N) is 3.